The summed E-state index contributed by atoms with van der Waals surface area (Å²) in [6.07, 6.45) is 6.49. The lowest BCUT2D eigenvalue weighted by molar-refractivity contribution is 0.327. The van der Waals surface area contributed by atoms with Gasteiger partial charge in [0.25, 0.3) is 0 Å². The number of aromatic nitrogens is 3. The highest BCUT2D eigenvalue weighted by molar-refractivity contribution is 5.47. The van der Waals surface area contributed by atoms with Crippen LogP contribution in [0.5, 0.6) is 0 Å². The Morgan fingerprint density at radius 1 is 1.22 bits per heavy atom. The molecule has 5 nitrogen and oxygen atoms in total. The van der Waals surface area contributed by atoms with E-state index in [0.29, 0.717) is 11.7 Å². The maximum absolute atomic E-state index is 5.35. The molecule has 1 fully saturated rings. The molecule has 5 heteroatoms. The van der Waals surface area contributed by atoms with E-state index in [4.69, 9.17) is 4.52 Å². The Labute approximate surface area is 106 Å². The van der Waals surface area contributed by atoms with Crippen molar-refractivity contribution in [1.82, 2.24) is 20.4 Å². The number of rotatable bonds is 2. The monoisotopic (exact) mass is 244 g/mol. The van der Waals surface area contributed by atoms with Crippen LogP contribution in [0, 0.1) is 0 Å². The van der Waals surface area contributed by atoms with Crippen molar-refractivity contribution in [2.24, 2.45) is 0 Å². The Morgan fingerprint density at radius 3 is 3.11 bits per heavy atom. The van der Waals surface area contributed by atoms with Gasteiger partial charge in [0.1, 0.15) is 5.69 Å². The molecule has 2 aromatic rings. The lowest BCUT2D eigenvalue weighted by Crippen LogP contribution is -2.20. The minimum atomic E-state index is 0.192. The fourth-order valence-electron chi connectivity index (χ4n) is 2.22. The quantitative estimate of drug-likeness (QED) is 0.878. The first-order valence-corrected chi connectivity index (χ1v) is 6.42. The van der Waals surface area contributed by atoms with E-state index in [1.54, 1.807) is 6.20 Å². The zero-order valence-electron chi connectivity index (χ0n) is 10.2. The van der Waals surface area contributed by atoms with Crippen LogP contribution < -0.4 is 5.32 Å². The van der Waals surface area contributed by atoms with E-state index in [9.17, 15) is 0 Å². The van der Waals surface area contributed by atoms with Gasteiger partial charge in [0, 0.05) is 6.20 Å². The Hall–Kier alpha value is -1.75. The van der Waals surface area contributed by atoms with Gasteiger partial charge in [-0.2, -0.15) is 4.98 Å². The summed E-state index contributed by atoms with van der Waals surface area (Å²) in [4.78, 5) is 8.66. The smallest absolute Gasteiger partial charge is 0.244 e. The lowest BCUT2D eigenvalue weighted by atomic mass is 10.1. The van der Waals surface area contributed by atoms with Crippen molar-refractivity contribution < 1.29 is 4.52 Å². The number of pyridine rings is 1. The third kappa shape index (κ3) is 2.41. The molecule has 0 saturated carbocycles. The molecule has 3 heterocycles. The Bertz CT molecular complexity index is 489. The molecule has 94 valence electrons. The third-order valence-electron chi connectivity index (χ3n) is 3.19. The van der Waals surface area contributed by atoms with Crippen LogP contribution in [0.4, 0.5) is 0 Å². The lowest BCUT2D eigenvalue weighted by Gasteiger charge is -2.09. The first-order chi connectivity index (χ1) is 8.93. The molecule has 2 aromatic heterocycles. The van der Waals surface area contributed by atoms with Crippen LogP contribution in [0.25, 0.3) is 11.5 Å². The Kier molecular flexibility index (Phi) is 3.32. The largest absolute Gasteiger partial charge is 0.337 e. The topological polar surface area (TPSA) is 63.8 Å². The highest BCUT2D eigenvalue weighted by Gasteiger charge is 2.20. The van der Waals surface area contributed by atoms with Gasteiger partial charge in [-0.1, -0.05) is 24.1 Å². The first kappa shape index (κ1) is 11.3. The van der Waals surface area contributed by atoms with E-state index in [2.05, 4.69) is 20.4 Å². The van der Waals surface area contributed by atoms with Crippen molar-refractivity contribution in [3.8, 4) is 11.5 Å². The molecule has 0 aromatic carbocycles. The van der Waals surface area contributed by atoms with Crippen molar-refractivity contribution in [2.75, 3.05) is 6.54 Å². The molecule has 0 aliphatic carbocycles. The highest BCUT2D eigenvalue weighted by atomic mass is 16.5. The zero-order chi connectivity index (χ0) is 12.2. The molecule has 1 aliphatic rings. The highest BCUT2D eigenvalue weighted by Crippen LogP contribution is 2.23. The van der Waals surface area contributed by atoms with Crippen LogP contribution >= 0.6 is 0 Å². The molecule has 0 radical (unpaired) electrons. The van der Waals surface area contributed by atoms with E-state index >= 15 is 0 Å². The van der Waals surface area contributed by atoms with E-state index < -0.39 is 0 Å². The van der Waals surface area contributed by atoms with Gasteiger partial charge in [-0.05, 0) is 31.5 Å². The summed E-state index contributed by atoms with van der Waals surface area (Å²) in [7, 11) is 0. The van der Waals surface area contributed by atoms with Crippen LogP contribution in [0.3, 0.4) is 0 Å². The Balaban J connectivity index is 1.80. The van der Waals surface area contributed by atoms with Gasteiger partial charge in [-0.25, -0.2) is 0 Å². The molecule has 1 saturated heterocycles. The average Bonchev–Trinajstić information content (AvgIpc) is 2.76. The Morgan fingerprint density at radius 2 is 2.22 bits per heavy atom. The van der Waals surface area contributed by atoms with Gasteiger partial charge in [-0.15, -0.1) is 0 Å². The van der Waals surface area contributed by atoms with Crippen LogP contribution in [-0.4, -0.2) is 21.7 Å². The number of nitrogens with one attached hydrogen (secondary N) is 1. The van der Waals surface area contributed by atoms with Crippen LogP contribution in [-0.2, 0) is 0 Å². The molecule has 0 amide bonds. The second kappa shape index (κ2) is 5.27. The summed E-state index contributed by atoms with van der Waals surface area (Å²) in [5.41, 5.74) is 0.751. The van der Waals surface area contributed by atoms with Gasteiger partial charge in [0.05, 0.1) is 6.04 Å². The summed E-state index contributed by atoms with van der Waals surface area (Å²) in [5, 5.41) is 7.45. The predicted molar refractivity (Wildman–Crippen MR) is 66.7 cm³/mol. The fraction of sp³-hybridized carbons (Fsp3) is 0.462. The zero-order valence-corrected chi connectivity index (χ0v) is 10.2. The van der Waals surface area contributed by atoms with Crippen molar-refractivity contribution in [3.63, 3.8) is 0 Å². The summed E-state index contributed by atoms with van der Waals surface area (Å²) >= 11 is 0. The van der Waals surface area contributed by atoms with E-state index in [1.807, 2.05) is 18.2 Å². The number of hydrogen-bond acceptors (Lipinski definition) is 5. The molecule has 1 unspecified atom stereocenters. The summed E-state index contributed by atoms with van der Waals surface area (Å²) in [6, 6.07) is 5.87. The molecule has 0 spiro atoms. The second-order valence-electron chi connectivity index (χ2n) is 4.53. The van der Waals surface area contributed by atoms with Gasteiger partial charge in [0.15, 0.2) is 0 Å². The van der Waals surface area contributed by atoms with Gasteiger partial charge >= 0.3 is 0 Å². The summed E-state index contributed by atoms with van der Waals surface area (Å²) < 4.78 is 5.35. The second-order valence-corrected chi connectivity index (χ2v) is 4.53. The van der Waals surface area contributed by atoms with Crippen LogP contribution in [0.2, 0.25) is 0 Å². The number of nitrogens with zero attached hydrogens (tertiary/aromatic N) is 3. The molecule has 1 atom stereocenters. The minimum absolute atomic E-state index is 0.192. The van der Waals surface area contributed by atoms with Crippen LogP contribution in [0.1, 0.15) is 37.6 Å². The molecule has 1 N–H and O–H groups in total. The van der Waals surface area contributed by atoms with Crippen LogP contribution in [0.15, 0.2) is 28.9 Å². The van der Waals surface area contributed by atoms with Crippen molar-refractivity contribution in [1.29, 1.82) is 0 Å². The first-order valence-electron chi connectivity index (χ1n) is 6.42. The van der Waals surface area contributed by atoms with E-state index in [-0.39, 0.29) is 6.04 Å². The molecule has 1 aliphatic heterocycles. The normalized spacial score (nSPS) is 20.6. The van der Waals surface area contributed by atoms with Gasteiger partial charge < -0.3 is 9.84 Å². The molecular weight excluding hydrogens is 228 g/mol. The SMILES string of the molecule is c1ccc(-c2noc(C3CCCCCN3)n2)nc1. The van der Waals surface area contributed by atoms with Crippen molar-refractivity contribution in [2.45, 2.75) is 31.7 Å². The molecule has 3 rings (SSSR count). The minimum Gasteiger partial charge on any atom is -0.337 e. The standard InChI is InChI=1S/C13H16N4O/c1-2-7-11(15-8-4-1)13-16-12(17-18-13)10-6-3-5-9-14-10/h3,5-6,9,11,15H,1-2,4,7-8H2. The molecule has 0 bridgehead atoms. The predicted octanol–water partition coefficient (Wildman–Crippen LogP) is 2.34. The van der Waals surface area contributed by atoms with Gasteiger partial charge in [0.2, 0.25) is 11.7 Å². The van der Waals surface area contributed by atoms with E-state index in [0.717, 1.165) is 18.7 Å². The maximum atomic E-state index is 5.35. The van der Waals surface area contributed by atoms with Crippen molar-refractivity contribution >= 4 is 0 Å². The summed E-state index contributed by atoms with van der Waals surface area (Å²) in [5.74, 6) is 1.24. The average molecular weight is 244 g/mol. The van der Waals surface area contributed by atoms with E-state index in [1.165, 1.54) is 19.3 Å². The molecule has 18 heavy (non-hydrogen) atoms. The van der Waals surface area contributed by atoms with Gasteiger partial charge in [-0.3, -0.25) is 4.98 Å². The molecular formula is C13H16N4O. The maximum Gasteiger partial charge on any atom is 0.244 e. The van der Waals surface area contributed by atoms with Crippen molar-refractivity contribution in [3.05, 3.63) is 30.3 Å². The number of hydrogen-bond donors (Lipinski definition) is 1. The fourth-order valence-corrected chi connectivity index (χ4v) is 2.22. The summed E-state index contributed by atoms with van der Waals surface area (Å²) in [6.45, 7) is 1.02. The third-order valence-corrected chi connectivity index (χ3v) is 3.19.